The normalized spacial score (nSPS) is 10.6. The maximum Gasteiger partial charge on any atom is 0.226 e. The van der Waals surface area contributed by atoms with Crippen molar-refractivity contribution in [1.82, 2.24) is 14.7 Å². The van der Waals surface area contributed by atoms with E-state index < -0.39 is 0 Å². The number of carbonyl (C=O) groups excluding carboxylic acids is 1. The van der Waals surface area contributed by atoms with E-state index in [4.69, 9.17) is 0 Å². The van der Waals surface area contributed by atoms with E-state index in [9.17, 15) is 9.18 Å². The van der Waals surface area contributed by atoms with E-state index in [0.29, 0.717) is 17.9 Å². The van der Waals surface area contributed by atoms with Crippen molar-refractivity contribution in [3.63, 3.8) is 0 Å². The van der Waals surface area contributed by atoms with Gasteiger partial charge in [0.15, 0.2) is 0 Å². The van der Waals surface area contributed by atoms with Gasteiger partial charge in [0.2, 0.25) is 5.91 Å². The average molecular weight is 221 g/mol. The average Bonchev–Trinajstić information content (AvgIpc) is 2.59. The Morgan fingerprint density at radius 3 is 3.06 bits per heavy atom. The van der Waals surface area contributed by atoms with Gasteiger partial charge in [-0.2, -0.15) is 0 Å². The molecule has 5 heteroatoms. The number of aromatic nitrogens is 2. The first-order valence-electron chi connectivity index (χ1n) is 5.09. The molecule has 0 aromatic carbocycles. The number of hydrogen-bond acceptors (Lipinski definition) is 2. The van der Waals surface area contributed by atoms with Crippen LogP contribution in [0.15, 0.2) is 24.5 Å². The van der Waals surface area contributed by atoms with Gasteiger partial charge < -0.3 is 9.72 Å². The lowest BCUT2D eigenvalue weighted by Crippen LogP contribution is -2.24. The quantitative estimate of drug-likeness (QED) is 0.845. The third-order valence-electron chi connectivity index (χ3n) is 2.18. The number of nitrogens with one attached hydrogen (secondary N) is 1. The van der Waals surface area contributed by atoms with Gasteiger partial charge in [0.1, 0.15) is 11.5 Å². The second kappa shape index (κ2) is 4.30. The summed E-state index contributed by atoms with van der Waals surface area (Å²) in [6.07, 6.45) is 3.22. The van der Waals surface area contributed by atoms with Crippen LogP contribution in [-0.4, -0.2) is 21.8 Å². The van der Waals surface area contributed by atoms with Crippen LogP contribution < -0.4 is 5.32 Å². The zero-order valence-corrected chi connectivity index (χ0v) is 8.90. The van der Waals surface area contributed by atoms with Gasteiger partial charge in [-0.25, -0.2) is 9.37 Å². The minimum absolute atomic E-state index is 0.0774. The summed E-state index contributed by atoms with van der Waals surface area (Å²) in [7, 11) is 0. The number of likely N-dealkylation sites (N-methyl/N-ethyl adjacent to an activating group) is 1. The van der Waals surface area contributed by atoms with Gasteiger partial charge in [-0.15, -0.1) is 0 Å². The lowest BCUT2D eigenvalue weighted by atomic mass is 10.3. The molecule has 1 amide bonds. The Hall–Kier alpha value is -1.91. The van der Waals surface area contributed by atoms with Crippen molar-refractivity contribution >= 4 is 11.6 Å². The van der Waals surface area contributed by atoms with Crippen molar-refractivity contribution in [3.8, 4) is 0 Å². The van der Waals surface area contributed by atoms with Crippen LogP contribution >= 0.6 is 0 Å². The van der Waals surface area contributed by atoms with Crippen LogP contribution in [0.2, 0.25) is 0 Å². The number of hydrogen-bond donors (Lipinski definition) is 1. The molecule has 2 heterocycles. The summed E-state index contributed by atoms with van der Waals surface area (Å²) < 4.78 is 14.5. The van der Waals surface area contributed by atoms with Crippen LogP contribution in [0, 0.1) is 5.82 Å². The molecule has 16 heavy (non-hydrogen) atoms. The lowest BCUT2D eigenvalue weighted by Gasteiger charge is -1.97. The molecule has 0 fully saturated rings. The van der Waals surface area contributed by atoms with Crippen LogP contribution in [0.5, 0.6) is 0 Å². The van der Waals surface area contributed by atoms with Crippen LogP contribution in [0.1, 0.15) is 12.6 Å². The van der Waals surface area contributed by atoms with Gasteiger partial charge in [-0.05, 0) is 19.1 Å². The minimum atomic E-state index is -0.325. The van der Waals surface area contributed by atoms with Crippen molar-refractivity contribution in [2.45, 2.75) is 13.3 Å². The van der Waals surface area contributed by atoms with Gasteiger partial charge in [0.25, 0.3) is 0 Å². The fraction of sp³-hybridized carbons (Fsp3) is 0.273. The maximum absolute atomic E-state index is 12.9. The number of pyridine rings is 1. The fourth-order valence-corrected chi connectivity index (χ4v) is 1.53. The largest absolute Gasteiger partial charge is 0.356 e. The summed E-state index contributed by atoms with van der Waals surface area (Å²) >= 11 is 0. The highest BCUT2D eigenvalue weighted by Gasteiger charge is 2.06. The van der Waals surface area contributed by atoms with Crippen LogP contribution in [0.4, 0.5) is 4.39 Å². The highest BCUT2D eigenvalue weighted by Crippen LogP contribution is 2.07. The highest BCUT2D eigenvalue weighted by atomic mass is 19.1. The summed E-state index contributed by atoms with van der Waals surface area (Å²) in [6.45, 7) is 2.46. The van der Waals surface area contributed by atoms with E-state index in [1.165, 1.54) is 12.3 Å². The van der Waals surface area contributed by atoms with Crippen molar-refractivity contribution in [3.05, 3.63) is 36.0 Å². The van der Waals surface area contributed by atoms with E-state index >= 15 is 0 Å². The third kappa shape index (κ3) is 2.18. The minimum Gasteiger partial charge on any atom is -0.356 e. The molecule has 2 aromatic rings. The molecule has 0 aliphatic heterocycles. The molecule has 0 radical (unpaired) electrons. The molecule has 0 saturated carbocycles. The standard InChI is InChI=1S/C11H12FN3O/c1-2-13-11(16)5-9-7-15-6-8(12)3-4-10(15)14-9/h3-4,6-7H,2,5H2,1H3,(H,13,16). The molecule has 0 unspecified atom stereocenters. The Balaban J connectivity index is 2.23. The van der Waals surface area contributed by atoms with Gasteiger partial charge >= 0.3 is 0 Å². The molecule has 0 aliphatic carbocycles. The SMILES string of the molecule is CCNC(=O)Cc1cn2cc(F)ccc2n1. The Labute approximate surface area is 92.1 Å². The molecule has 0 aliphatic rings. The Morgan fingerprint density at radius 1 is 1.50 bits per heavy atom. The van der Waals surface area contributed by atoms with E-state index in [2.05, 4.69) is 10.3 Å². The monoisotopic (exact) mass is 221 g/mol. The van der Waals surface area contributed by atoms with E-state index in [1.54, 1.807) is 16.7 Å². The summed E-state index contributed by atoms with van der Waals surface area (Å²) in [5, 5.41) is 2.69. The van der Waals surface area contributed by atoms with E-state index in [0.717, 1.165) is 0 Å². The predicted molar refractivity (Wildman–Crippen MR) is 57.5 cm³/mol. The molecule has 2 aromatic heterocycles. The number of halogens is 1. The van der Waals surface area contributed by atoms with Gasteiger partial charge in [-0.3, -0.25) is 4.79 Å². The molecule has 0 saturated heterocycles. The second-order valence-electron chi connectivity index (χ2n) is 3.48. The zero-order valence-electron chi connectivity index (χ0n) is 8.90. The van der Waals surface area contributed by atoms with Crippen molar-refractivity contribution in [2.75, 3.05) is 6.54 Å². The Morgan fingerprint density at radius 2 is 2.31 bits per heavy atom. The molecule has 0 spiro atoms. The third-order valence-corrected chi connectivity index (χ3v) is 2.18. The molecular formula is C11H12FN3O. The molecule has 0 bridgehead atoms. The molecule has 1 N–H and O–H groups in total. The first kappa shape index (κ1) is 10.6. The summed E-state index contributed by atoms with van der Waals surface area (Å²) in [4.78, 5) is 15.5. The Bertz CT molecular complexity index is 521. The fourth-order valence-electron chi connectivity index (χ4n) is 1.53. The summed E-state index contributed by atoms with van der Waals surface area (Å²) in [5.74, 6) is -0.402. The van der Waals surface area contributed by atoms with Crippen molar-refractivity contribution < 1.29 is 9.18 Å². The van der Waals surface area contributed by atoms with Crippen LogP contribution in [0.3, 0.4) is 0 Å². The molecule has 2 rings (SSSR count). The van der Waals surface area contributed by atoms with E-state index in [-0.39, 0.29) is 18.1 Å². The number of fused-ring (bicyclic) bond motifs is 1. The number of nitrogens with zero attached hydrogens (tertiary/aromatic N) is 2. The van der Waals surface area contributed by atoms with E-state index in [1.807, 2.05) is 6.92 Å². The number of rotatable bonds is 3. The summed E-state index contributed by atoms with van der Waals surface area (Å²) in [6, 6.07) is 2.93. The maximum atomic E-state index is 12.9. The van der Waals surface area contributed by atoms with Crippen molar-refractivity contribution in [2.24, 2.45) is 0 Å². The first-order chi connectivity index (χ1) is 7.69. The molecule has 4 nitrogen and oxygen atoms in total. The van der Waals surface area contributed by atoms with Crippen LogP contribution in [0.25, 0.3) is 5.65 Å². The number of carbonyl (C=O) groups is 1. The second-order valence-corrected chi connectivity index (χ2v) is 3.48. The topological polar surface area (TPSA) is 46.4 Å². The van der Waals surface area contributed by atoms with Gasteiger partial charge in [0.05, 0.1) is 12.1 Å². The number of amides is 1. The van der Waals surface area contributed by atoms with Crippen molar-refractivity contribution in [1.29, 1.82) is 0 Å². The Kier molecular flexibility index (Phi) is 2.85. The van der Waals surface area contributed by atoms with Gasteiger partial charge in [-0.1, -0.05) is 0 Å². The lowest BCUT2D eigenvalue weighted by molar-refractivity contribution is -0.120. The van der Waals surface area contributed by atoms with Crippen LogP contribution in [-0.2, 0) is 11.2 Å². The highest BCUT2D eigenvalue weighted by molar-refractivity contribution is 5.78. The molecule has 0 atom stereocenters. The molecule has 84 valence electrons. The smallest absolute Gasteiger partial charge is 0.226 e. The molecular weight excluding hydrogens is 209 g/mol. The predicted octanol–water partition coefficient (Wildman–Crippen LogP) is 1.15. The van der Waals surface area contributed by atoms with Gasteiger partial charge in [0, 0.05) is 18.9 Å². The first-order valence-corrected chi connectivity index (χ1v) is 5.09. The zero-order chi connectivity index (χ0) is 11.5. The summed E-state index contributed by atoms with van der Waals surface area (Å²) in [5.41, 5.74) is 1.28. The number of imidazole rings is 1.